The molecular weight excluding hydrogens is 396 g/mol. The van der Waals surface area contributed by atoms with Crippen LogP contribution in [0.1, 0.15) is 6.92 Å². The highest BCUT2D eigenvalue weighted by molar-refractivity contribution is 5.74. The van der Waals surface area contributed by atoms with Gasteiger partial charge >= 0.3 is 0 Å². The maximum absolute atomic E-state index is 11.6. The van der Waals surface area contributed by atoms with E-state index >= 15 is 0 Å². The lowest BCUT2D eigenvalue weighted by molar-refractivity contribution is -0.384. The lowest BCUT2D eigenvalue weighted by atomic mass is 9.96. The highest BCUT2D eigenvalue weighted by Gasteiger charge is 2.46. The van der Waals surface area contributed by atoms with Crippen molar-refractivity contribution >= 4 is 11.6 Å². The van der Waals surface area contributed by atoms with Gasteiger partial charge in [0.25, 0.3) is 5.69 Å². The van der Waals surface area contributed by atoms with Crippen molar-refractivity contribution < 1.29 is 34.5 Å². The zero-order valence-corrected chi connectivity index (χ0v) is 16.0. The van der Waals surface area contributed by atoms with E-state index in [-0.39, 0.29) is 11.4 Å². The Labute approximate surface area is 171 Å². The van der Waals surface area contributed by atoms with Gasteiger partial charge < -0.3 is 30.1 Å². The number of nitro benzene ring substituents is 1. The highest BCUT2D eigenvalue weighted by Crippen LogP contribution is 2.34. The predicted octanol–water partition coefficient (Wildman–Crippen LogP) is 0.584. The molecule has 1 amide bonds. The smallest absolute Gasteiger partial charge is 0.270 e. The number of non-ortho nitro benzene ring substituents is 1. The second-order valence-electron chi connectivity index (χ2n) is 6.85. The molecule has 0 saturated carbocycles. The largest absolute Gasteiger partial charge is 0.462 e. The van der Waals surface area contributed by atoms with Crippen molar-refractivity contribution in [3.63, 3.8) is 0 Å². The molecule has 1 aliphatic heterocycles. The van der Waals surface area contributed by atoms with Crippen molar-refractivity contribution in [2.75, 3.05) is 6.61 Å². The van der Waals surface area contributed by atoms with Crippen LogP contribution in [0.25, 0.3) is 11.1 Å². The fourth-order valence-electron chi connectivity index (χ4n) is 3.29. The molecule has 0 radical (unpaired) electrons. The molecule has 5 unspecified atom stereocenters. The molecule has 30 heavy (non-hydrogen) atoms. The molecule has 4 N–H and O–H groups in total. The van der Waals surface area contributed by atoms with Crippen LogP contribution in [-0.2, 0) is 9.53 Å². The molecule has 2 aromatic rings. The van der Waals surface area contributed by atoms with Gasteiger partial charge in [-0.05, 0) is 11.6 Å². The number of aliphatic hydroxyl groups is 3. The molecule has 1 aliphatic rings. The first-order valence-corrected chi connectivity index (χ1v) is 9.22. The van der Waals surface area contributed by atoms with Gasteiger partial charge in [0.15, 0.2) is 0 Å². The van der Waals surface area contributed by atoms with Gasteiger partial charge in [-0.2, -0.15) is 0 Å². The number of nitro groups is 1. The van der Waals surface area contributed by atoms with Crippen LogP contribution < -0.4 is 10.1 Å². The molecule has 0 spiro atoms. The van der Waals surface area contributed by atoms with Gasteiger partial charge in [-0.25, -0.2) is 0 Å². The number of carbonyl (C=O) groups is 1. The molecule has 10 heteroatoms. The summed E-state index contributed by atoms with van der Waals surface area (Å²) in [7, 11) is 0. The number of ether oxygens (including phenoxy) is 2. The van der Waals surface area contributed by atoms with Crippen LogP contribution in [0.5, 0.6) is 5.75 Å². The first-order chi connectivity index (χ1) is 14.3. The summed E-state index contributed by atoms with van der Waals surface area (Å²) < 4.78 is 11.5. The summed E-state index contributed by atoms with van der Waals surface area (Å²) in [5.74, 6) is -0.198. The normalized spacial score (nSPS) is 26.1. The Bertz CT molecular complexity index is 921. The second-order valence-corrected chi connectivity index (χ2v) is 6.85. The molecule has 1 fully saturated rings. The van der Waals surface area contributed by atoms with E-state index in [4.69, 9.17) is 9.47 Å². The standard InChI is InChI=1S/C20H22N2O8/c1-11(24)21-17-19(26)18(25)16(10-23)30-20(17)29-15-8-3-2-7-14(15)12-5-4-6-13(9-12)22(27)28/h2-9,16-20,23,25-26H,10H2,1H3,(H,21,24). The average Bonchev–Trinajstić information content (AvgIpc) is 2.73. The minimum Gasteiger partial charge on any atom is -0.462 e. The van der Waals surface area contributed by atoms with E-state index in [9.17, 15) is 30.2 Å². The lowest BCUT2D eigenvalue weighted by Crippen LogP contribution is -2.65. The van der Waals surface area contributed by atoms with E-state index in [0.29, 0.717) is 11.1 Å². The van der Waals surface area contributed by atoms with Gasteiger partial charge in [0.2, 0.25) is 12.2 Å². The van der Waals surface area contributed by atoms with Crippen molar-refractivity contribution in [3.8, 4) is 16.9 Å². The van der Waals surface area contributed by atoms with Gasteiger partial charge in [0.1, 0.15) is 30.1 Å². The number of rotatable bonds is 6. The molecule has 160 valence electrons. The predicted molar refractivity (Wildman–Crippen MR) is 105 cm³/mol. The van der Waals surface area contributed by atoms with Crippen LogP contribution in [-0.4, -0.2) is 63.4 Å². The van der Waals surface area contributed by atoms with Crippen LogP contribution >= 0.6 is 0 Å². The summed E-state index contributed by atoms with van der Waals surface area (Å²) >= 11 is 0. The zero-order valence-electron chi connectivity index (χ0n) is 16.0. The number of para-hydroxylation sites is 1. The van der Waals surface area contributed by atoms with Crippen LogP contribution in [0, 0.1) is 10.1 Å². The Hall–Kier alpha value is -3.05. The SMILES string of the molecule is CC(=O)NC1C(Oc2ccccc2-c2cccc([N+](=O)[O-])c2)OC(CO)C(O)C1O. The summed E-state index contributed by atoms with van der Waals surface area (Å²) in [4.78, 5) is 22.2. The number of aliphatic hydroxyl groups excluding tert-OH is 3. The Balaban J connectivity index is 1.95. The van der Waals surface area contributed by atoms with E-state index < -0.39 is 48.1 Å². The van der Waals surface area contributed by atoms with Gasteiger partial charge in [-0.1, -0.05) is 30.3 Å². The van der Waals surface area contributed by atoms with Crippen molar-refractivity contribution in [1.82, 2.24) is 5.32 Å². The molecule has 3 rings (SSSR count). The Morgan fingerprint density at radius 2 is 1.93 bits per heavy atom. The van der Waals surface area contributed by atoms with Gasteiger partial charge in [0.05, 0.1) is 11.5 Å². The minimum absolute atomic E-state index is 0.0915. The fraction of sp³-hybridized carbons (Fsp3) is 0.350. The number of hydrogen-bond donors (Lipinski definition) is 4. The first kappa shape index (κ1) is 21.7. The van der Waals surface area contributed by atoms with Crippen LogP contribution in [0.3, 0.4) is 0 Å². The molecule has 10 nitrogen and oxygen atoms in total. The van der Waals surface area contributed by atoms with E-state index in [0.717, 1.165) is 0 Å². The van der Waals surface area contributed by atoms with Crippen LogP contribution in [0.2, 0.25) is 0 Å². The van der Waals surface area contributed by atoms with Gasteiger partial charge in [-0.15, -0.1) is 0 Å². The van der Waals surface area contributed by atoms with Crippen molar-refractivity contribution in [3.05, 3.63) is 58.6 Å². The first-order valence-electron chi connectivity index (χ1n) is 9.22. The Morgan fingerprint density at radius 3 is 2.60 bits per heavy atom. The summed E-state index contributed by atoms with van der Waals surface area (Å²) in [6, 6.07) is 11.6. The summed E-state index contributed by atoms with van der Waals surface area (Å²) in [6.45, 7) is 0.669. The van der Waals surface area contributed by atoms with Gasteiger partial charge in [-0.3, -0.25) is 14.9 Å². The lowest BCUT2D eigenvalue weighted by Gasteiger charge is -2.42. The number of hydrogen-bond acceptors (Lipinski definition) is 8. The van der Waals surface area contributed by atoms with Crippen LogP contribution in [0.15, 0.2) is 48.5 Å². The molecule has 0 bridgehead atoms. The zero-order chi connectivity index (χ0) is 21.8. The monoisotopic (exact) mass is 418 g/mol. The van der Waals surface area contributed by atoms with Gasteiger partial charge in [0, 0.05) is 24.6 Å². The van der Waals surface area contributed by atoms with E-state index in [2.05, 4.69) is 5.32 Å². The Morgan fingerprint density at radius 1 is 1.20 bits per heavy atom. The summed E-state index contributed by atoms with van der Waals surface area (Å²) in [5.41, 5.74) is 0.949. The molecule has 2 aromatic carbocycles. The van der Waals surface area contributed by atoms with Crippen molar-refractivity contribution in [2.45, 2.75) is 37.6 Å². The second kappa shape index (κ2) is 9.18. The molecule has 0 aromatic heterocycles. The molecular formula is C20H22N2O8. The highest BCUT2D eigenvalue weighted by atomic mass is 16.7. The Kier molecular flexibility index (Phi) is 6.63. The topological polar surface area (TPSA) is 151 Å². The number of carbonyl (C=O) groups excluding carboxylic acids is 1. The molecule has 0 aliphatic carbocycles. The van der Waals surface area contributed by atoms with E-state index in [1.165, 1.54) is 19.1 Å². The molecule has 1 saturated heterocycles. The number of nitrogens with one attached hydrogen (secondary N) is 1. The third-order valence-electron chi connectivity index (χ3n) is 4.75. The number of nitrogens with zero attached hydrogens (tertiary/aromatic N) is 1. The van der Waals surface area contributed by atoms with Crippen molar-refractivity contribution in [2.24, 2.45) is 0 Å². The van der Waals surface area contributed by atoms with E-state index in [1.807, 2.05) is 0 Å². The summed E-state index contributed by atoms with van der Waals surface area (Å²) in [6.07, 6.45) is -5.24. The number of benzene rings is 2. The third-order valence-corrected chi connectivity index (χ3v) is 4.75. The fourth-order valence-corrected chi connectivity index (χ4v) is 3.29. The number of amides is 1. The third kappa shape index (κ3) is 4.57. The van der Waals surface area contributed by atoms with Crippen molar-refractivity contribution in [1.29, 1.82) is 0 Å². The van der Waals surface area contributed by atoms with E-state index in [1.54, 1.807) is 36.4 Å². The van der Waals surface area contributed by atoms with Crippen LogP contribution in [0.4, 0.5) is 5.69 Å². The quantitative estimate of drug-likeness (QED) is 0.393. The molecule has 1 heterocycles. The summed E-state index contributed by atoms with van der Waals surface area (Å²) in [5, 5.41) is 43.6. The minimum atomic E-state index is -1.45. The maximum Gasteiger partial charge on any atom is 0.270 e. The maximum atomic E-state index is 11.6. The average molecular weight is 418 g/mol. The molecule has 5 atom stereocenters.